The van der Waals surface area contributed by atoms with Crippen molar-refractivity contribution >= 4 is 22.9 Å². The second-order valence-electron chi connectivity index (χ2n) is 7.65. The van der Waals surface area contributed by atoms with E-state index in [-0.39, 0.29) is 11.8 Å². The molecule has 1 aliphatic rings. The molecule has 1 saturated heterocycles. The molecule has 0 saturated carbocycles. The summed E-state index contributed by atoms with van der Waals surface area (Å²) in [5.41, 5.74) is 3.32. The third kappa shape index (κ3) is 4.35. The molecule has 3 heterocycles. The number of aryl methyl sites for hydroxylation is 1. The number of rotatable bonds is 5. The van der Waals surface area contributed by atoms with Crippen LogP contribution in [0.15, 0.2) is 41.1 Å². The quantitative estimate of drug-likeness (QED) is 0.697. The molecule has 1 aromatic carbocycles. The van der Waals surface area contributed by atoms with Crippen LogP contribution in [0.25, 0.3) is 11.1 Å². The van der Waals surface area contributed by atoms with E-state index in [1.807, 2.05) is 36.1 Å². The lowest BCUT2D eigenvalue weighted by Gasteiger charge is -2.20. The highest BCUT2D eigenvalue weighted by Crippen LogP contribution is 2.18. The number of nitrogens with zero attached hydrogens (tertiary/aromatic N) is 3. The summed E-state index contributed by atoms with van der Waals surface area (Å²) in [6, 6.07) is 9.22. The van der Waals surface area contributed by atoms with Crippen molar-refractivity contribution in [2.75, 3.05) is 13.1 Å². The van der Waals surface area contributed by atoms with Crippen molar-refractivity contribution in [3.8, 4) is 0 Å². The van der Waals surface area contributed by atoms with Crippen molar-refractivity contribution in [3.63, 3.8) is 0 Å². The van der Waals surface area contributed by atoms with E-state index in [1.54, 1.807) is 6.07 Å². The number of benzene rings is 1. The molecular weight excluding hydrogens is 380 g/mol. The Labute approximate surface area is 175 Å². The van der Waals surface area contributed by atoms with Gasteiger partial charge >= 0.3 is 0 Å². The van der Waals surface area contributed by atoms with E-state index in [0.29, 0.717) is 29.8 Å². The molecule has 0 unspecified atom stereocenters. The van der Waals surface area contributed by atoms with Crippen LogP contribution < -0.4 is 5.32 Å². The number of fused-ring (bicyclic) bond motifs is 1. The fourth-order valence-electron chi connectivity index (χ4n) is 3.76. The molecule has 0 atom stereocenters. The highest BCUT2D eigenvalue weighted by molar-refractivity contribution is 5.97. The van der Waals surface area contributed by atoms with Crippen molar-refractivity contribution < 1.29 is 14.1 Å². The van der Waals surface area contributed by atoms with Gasteiger partial charge in [-0.05, 0) is 43.0 Å². The van der Waals surface area contributed by atoms with E-state index in [0.717, 1.165) is 42.6 Å². The number of aromatic nitrogens is 2. The molecule has 7 nitrogen and oxygen atoms in total. The number of nitrogens with one attached hydrogen (secondary N) is 1. The summed E-state index contributed by atoms with van der Waals surface area (Å²) in [5, 5.41) is 7.64. The summed E-state index contributed by atoms with van der Waals surface area (Å²) in [6.07, 6.45) is 6.74. The number of hydrogen-bond acceptors (Lipinski definition) is 5. The molecule has 1 fully saturated rings. The van der Waals surface area contributed by atoms with E-state index in [2.05, 4.69) is 15.5 Å². The van der Waals surface area contributed by atoms with E-state index in [9.17, 15) is 9.59 Å². The van der Waals surface area contributed by atoms with E-state index < -0.39 is 0 Å². The smallest absolute Gasteiger partial charge is 0.257 e. The largest absolute Gasteiger partial charge is 0.348 e. The number of carbonyl (C=O) groups excluding carboxylic acids is 2. The van der Waals surface area contributed by atoms with Crippen LogP contribution in [0.3, 0.4) is 0 Å². The molecule has 0 spiro atoms. The average Bonchev–Trinajstić information content (AvgIpc) is 3.00. The summed E-state index contributed by atoms with van der Waals surface area (Å²) in [7, 11) is 0. The van der Waals surface area contributed by atoms with Crippen LogP contribution in [0.5, 0.6) is 0 Å². The number of likely N-dealkylation sites (tertiary alicyclic amines) is 1. The molecule has 3 aromatic rings. The Bertz CT molecular complexity index is 1030. The molecule has 0 radical (unpaired) electrons. The van der Waals surface area contributed by atoms with Gasteiger partial charge in [-0.15, -0.1) is 0 Å². The molecule has 2 amide bonds. The van der Waals surface area contributed by atoms with Gasteiger partial charge in [-0.2, -0.15) is 0 Å². The first kappa shape index (κ1) is 20.1. The Kier molecular flexibility index (Phi) is 6.07. The molecule has 0 aliphatic carbocycles. The molecule has 7 heteroatoms. The van der Waals surface area contributed by atoms with Gasteiger partial charge in [0.05, 0.1) is 16.6 Å². The summed E-state index contributed by atoms with van der Waals surface area (Å²) in [6.45, 7) is 4.02. The molecule has 1 aliphatic heterocycles. The topological polar surface area (TPSA) is 88.3 Å². The van der Waals surface area contributed by atoms with E-state index in [4.69, 9.17) is 4.52 Å². The first-order valence-electron chi connectivity index (χ1n) is 10.6. The van der Waals surface area contributed by atoms with Crippen molar-refractivity contribution in [1.82, 2.24) is 20.4 Å². The van der Waals surface area contributed by atoms with Crippen LogP contribution in [-0.2, 0) is 13.0 Å². The Morgan fingerprint density at radius 2 is 1.80 bits per heavy atom. The van der Waals surface area contributed by atoms with Crippen LogP contribution in [-0.4, -0.2) is 39.9 Å². The van der Waals surface area contributed by atoms with Gasteiger partial charge in [0.25, 0.3) is 17.5 Å². The Morgan fingerprint density at radius 1 is 1.07 bits per heavy atom. The van der Waals surface area contributed by atoms with Gasteiger partial charge in [0.15, 0.2) is 0 Å². The normalized spacial score (nSPS) is 14.5. The van der Waals surface area contributed by atoms with Gasteiger partial charge in [0.2, 0.25) is 0 Å². The SMILES string of the molecule is CCc1noc2ncc(C(=O)NCc3ccc(C(=O)N4CCCCCC4)cc3)cc12. The fraction of sp³-hybridized carbons (Fsp3) is 0.391. The van der Waals surface area contributed by atoms with Crippen LogP contribution in [0.4, 0.5) is 0 Å². The first-order chi connectivity index (χ1) is 14.7. The van der Waals surface area contributed by atoms with Gasteiger partial charge in [0.1, 0.15) is 0 Å². The summed E-state index contributed by atoms with van der Waals surface area (Å²) >= 11 is 0. The minimum Gasteiger partial charge on any atom is -0.348 e. The lowest BCUT2D eigenvalue weighted by Crippen LogP contribution is -2.31. The Morgan fingerprint density at radius 3 is 2.50 bits per heavy atom. The number of hydrogen-bond donors (Lipinski definition) is 1. The standard InChI is InChI=1S/C23H26N4O3/c1-2-20-19-13-18(15-25-22(19)30-26-20)21(28)24-14-16-7-9-17(10-8-16)23(29)27-11-5-3-4-6-12-27/h7-10,13,15H,2-6,11-12,14H2,1H3,(H,24,28). The van der Waals surface area contributed by atoms with Crippen LogP contribution in [0.2, 0.25) is 0 Å². The van der Waals surface area contributed by atoms with E-state index in [1.165, 1.54) is 19.0 Å². The van der Waals surface area contributed by atoms with Crippen molar-refractivity contribution in [1.29, 1.82) is 0 Å². The zero-order valence-electron chi connectivity index (χ0n) is 17.2. The van der Waals surface area contributed by atoms with Gasteiger partial charge in [-0.3, -0.25) is 9.59 Å². The minimum absolute atomic E-state index is 0.0901. The molecule has 0 bridgehead atoms. The zero-order chi connectivity index (χ0) is 20.9. The zero-order valence-corrected chi connectivity index (χ0v) is 17.2. The summed E-state index contributed by atoms with van der Waals surface area (Å²) in [5.74, 6) is -0.121. The highest BCUT2D eigenvalue weighted by atomic mass is 16.5. The summed E-state index contributed by atoms with van der Waals surface area (Å²) < 4.78 is 5.16. The minimum atomic E-state index is -0.211. The van der Waals surface area contributed by atoms with Crippen LogP contribution in [0.1, 0.15) is 64.6 Å². The molecule has 2 aromatic heterocycles. The van der Waals surface area contributed by atoms with E-state index >= 15 is 0 Å². The lowest BCUT2D eigenvalue weighted by atomic mass is 10.1. The predicted octanol–water partition coefficient (Wildman–Crippen LogP) is 3.73. The molecule has 1 N–H and O–H groups in total. The average molecular weight is 406 g/mol. The van der Waals surface area contributed by atoms with Crippen molar-refractivity contribution in [3.05, 3.63) is 58.9 Å². The first-order valence-corrected chi connectivity index (χ1v) is 10.6. The lowest BCUT2D eigenvalue weighted by molar-refractivity contribution is 0.0761. The van der Waals surface area contributed by atoms with Gasteiger partial charge in [-0.1, -0.05) is 37.1 Å². The maximum absolute atomic E-state index is 12.7. The second-order valence-corrected chi connectivity index (χ2v) is 7.65. The van der Waals surface area contributed by atoms with Crippen molar-refractivity contribution in [2.24, 2.45) is 0 Å². The molecule has 156 valence electrons. The Balaban J connectivity index is 1.38. The van der Waals surface area contributed by atoms with Crippen molar-refractivity contribution in [2.45, 2.75) is 45.6 Å². The van der Waals surface area contributed by atoms with Gasteiger partial charge in [-0.25, -0.2) is 4.98 Å². The third-order valence-electron chi connectivity index (χ3n) is 5.55. The Hall–Kier alpha value is -3.22. The predicted molar refractivity (Wildman–Crippen MR) is 113 cm³/mol. The highest BCUT2D eigenvalue weighted by Gasteiger charge is 2.17. The number of amides is 2. The number of carbonyl (C=O) groups is 2. The van der Waals surface area contributed by atoms with Crippen LogP contribution in [0, 0.1) is 0 Å². The molecule has 30 heavy (non-hydrogen) atoms. The third-order valence-corrected chi connectivity index (χ3v) is 5.55. The second kappa shape index (κ2) is 9.07. The monoisotopic (exact) mass is 406 g/mol. The number of pyridine rings is 1. The molecular formula is C23H26N4O3. The fourth-order valence-corrected chi connectivity index (χ4v) is 3.76. The van der Waals surface area contributed by atoms with Crippen LogP contribution >= 0.6 is 0 Å². The maximum Gasteiger partial charge on any atom is 0.257 e. The maximum atomic E-state index is 12.7. The van der Waals surface area contributed by atoms with Gasteiger partial charge < -0.3 is 14.7 Å². The summed E-state index contributed by atoms with van der Waals surface area (Å²) in [4.78, 5) is 31.3. The molecule has 4 rings (SSSR count). The van der Waals surface area contributed by atoms with Gasteiger partial charge in [0, 0.05) is 31.4 Å².